The third-order valence-electron chi connectivity index (χ3n) is 2.95. The van der Waals surface area contributed by atoms with Crippen LogP contribution in [0.2, 0.25) is 0 Å². The number of nitrogens with two attached hydrogens (primary N) is 1. The van der Waals surface area contributed by atoms with Crippen LogP contribution in [0.1, 0.15) is 0 Å². The van der Waals surface area contributed by atoms with Crippen LogP contribution in [0.15, 0.2) is 60.8 Å². The molecule has 0 amide bonds. The average Bonchev–Trinajstić information content (AvgIpc) is 2.48. The van der Waals surface area contributed by atoms with Crippen LogP contribution in [0.25, 0.3) is 22.6 Å². The van der Waals surface area contributed by atoms with Gasteiger partial charge in [-0.1, -0.05) is 24.3 Å². The van der Waals surface area contributed by atoms with Crippen LogP contribution in [-0.4, -0.2) is 9.97 Å². The van der Waals surface area contributed by atoms with Gasteiger partial charge in [-0.3, -0.25) is 0 Å². The summed E-state index contributed by atoms with van der Waals surface area (Å²) >= 11 is 0. The molecule has 0 aliphatic rings. The van der Waals surface area contributed by atoms with Crippen LogP contribution in [-0.2, 0) is 0 Å². The Morgan fingerprint density at radius 2 is 1.80 bits per heavy atom. The fraction of sp³-hybridized carbons (Fsp3) is 0. The zero-order valence-corrected chi connectivity index (χ0v) is 10.6. The van der Waals surface area contributed by atoms with Gasteiger partial charge in [0.1, 0.15) is 5.82 Å². The van der Waals surface area contributed by atoms with Crippen molar-refractivity contribution < 1.29 is 4.39 Å². The smallest absolute Gasteiger partial charge is 0.159 e. The lowest BCUT2D eigenvalue weighted by molar-refractivity contribution is 0.630. The summed E-state index contributed by atoms with van der Waals surface area (Å²) < 4.78 is 13.8. The molecule has 0 aliphatic carbocycles. The van der Waals surface area contributed by atoms with E-state index in [-0.39, 0.29) is 5.82 Å². The molecule has 0 spiro atoms. The van der Waals surface area contributed by atoms with E-state index in [1.807, 2.05) is 12.1 Å². The van der Waals surface area contributed by atoms with Crippen LogP contribution in [0.5, 0.6) is 0 Å². The lowest BCUT2D eigenvalue weighted by Crippen LogP contribution is -1.94. The van der Waals surface area contributed by atoms with Gasteiger partial charge in [0.15, 0.2) is 5.82 Å². The maximum atomic E-state index is 13.8. The Balaban J connectivity index is 2.09. The molecule has 3 rings (SSSR count). The topological polar surface area (TPSA) is 51.8 Å². The zero-order chi connectivity index (χ0) is 13.9. The number of anilines is 1. The first kappa shape index (κ1) is 12.3. The Morgan fingerprint density at radius 3 is 2.60 bits per heavy atom. The van der Waals surface area contributed by atoms with Crippen LogP contribution in [0, 0.1) is 5.82 Å². The number of rotatable bonds is 2. The molecule has 0 unspecified atom stereocenters. The van der Waals surface area contributed by atoms with E-state index in [9.17, 15) is 4.39 Å². The molecule has 3 nitrogen and oxygen atoms in total. The van der Waals surface area contributed by atoms with Crippen molar-refractivity contribution in [3.63, 3.8) is 0 Å². The summed E-state index contributed by atoms with van der Waals surface area (Å²) in [6.45, 7) is 0. The lowest BCUT2D eigenvalue weighted by Gasteiger charge is -2.05. The fourth-order valence-corrected chi connectivity index (χ4v) is 1.99. The Kier molecular flexibility index (Phi) is 3.13. The Morgan fingerprint density at radius 1 is 0.950 bits per heavy atom. The standard InChI is InChI=1S/C16H12FN3/c17-14-7-2-1-6-13(14)15-8-9-19-16(20-15)11-4-3-5-12(18)10-11/h1-10H,18H2. The predicted octanol–water partition coefficient (Wildman–Crippen LogP) is 3.53. The first-order chi connectivity index (χ1) is 9.74. The number of aromatic nitrogens is 2. The number of hydrogen-bond donors (Lipinski definition) is 1. The highest BCUT2D eigenvalue weighted by Crippen LogP contribution is 2.23. The fourth-order valence-electron chi connectivity index (χ4n) is 1.99. The third kappa shape index (κ3) is 2.36. The SMILES string of the molecule is Nc1cccc(-c2nccc(-c3ccccc3F)n2)c1. The zero-order valence-electron chi connectivity index (χ0n) is 10.6. The quantitative estimate of drug-likeness (QED) is 0.721. The van der Waals surface area contributed by atoms with E-state index >= 15 is 0 Å². The average molecular weight is 265 g/mol. The first-order valence-corrected chi connectivity index (χ1v) is 6.18. The van der Waals surface area contributed by atoms with Crippen molar-refractivity contribution in [2.75, 3.05) is 5.73 Å². The number of nitrogens with zero attached hydrogens (tertiary/aromatic N) is 2. The first-order valence-electron chi connectivity index (χ1n) is 6.18. The summed E-state index contributed by atoms with van der Waals surface area (Å²) in [6.07, 6.45) is 1.62. The van der Waals surface area contributed by atoms with Crippen LogP contribution in [0.4, 0.5) is 10.1 Å². The van der Waals surface area contributed by atoms with Gasteiger partial charge in [0.25, 0.3) is 0 Å². The largest absolute Gasteiger partial charge is 0.399 e. The summed E-state index contributed by atoms with van der Waals surface area (Å²) in [6, 6.07) is 15.5. The van der Waals surface area contributed by atoms with Gasteiger partial charge in [-0.15, -0.1) is 0 Å². The molecule has 0 bridgehead atoms. The minimum absolute atomic E-state index is 0.301. The van der Waals surface area contributed by atoms with E-state index in [1.54, 1.807) is 42.6 Å². The van der Waals surface area contributed by atoms with Crippen molar-refractivity contribution >= 4 is 5.69 Å². The van der Waals surface area contributed by atoms with Gasteiger partial charge >= 0.3 is 0 Å². The highest BCUT2D eigenvalue weighted by atomic mass is 19.1. The van der Waals surface area contributed by atoms with Crippen molar-refractivity contribution in [2.45, 2.75) is 0 Å². The van der Waals surface area contributed by atoms with Gasteiger partial charge in [-0.05, 0) is 30.3 Å². The summed E-state index contributed by atoms with van der Waals surface area (Å²) in [7, 11) is 0. The highest BCUT2D eigenvalue weighted by molar-refractivity contribution is 5.65. The summed E-state index contributed by atoms with van der Waals surface area (Å²) in [5, 5.41) is 0. The minimum Gasteiger partial charge on any atom is -0.399 e. The molecule has 2 aromatic carbocycles. The van der Waals surface area contributed by atoms with Gasteiger partial charge in [-0.2, -0.15) is 0 Å². The number of nitrogen functional groups attached to an aromatic ring is 1. The van der Waals surface area contributed by atoms with Crippen molar-refractivity contribution in [2.24, 2.45) is 0 Å². The van der Waals surface area contributed by atoms with E-state index < -0.39 is 0 Å². The maximum absolute atomic E-state index is 13.8. The minimum atomic E-state index is -0.301. The van der Waals surface area contributed by atoms with Crippen molar-refractivity contribution in [3.05, 3.63) is 66.6 Å². The second-order valence-corrected chi connectivity index (χ2v) is 4.37. The molecule has 0 fully saturated rings. The van der Waals surface area contributed by atoms with Gasteiger partial charge in [0, 0.05) is 23.0 Å². The van der Waals surface area contributed by atoms with E-state index in [1.165, 1.54) is 6.07 Å². The number of benzene rings is 2. The molecular weight excluding hydrogens is 253 g/mol. The third-order valence-corrected chi connectivity index (χ3v) is 2.95. The molecule has 0 saturated heterocycles. The highest BCUT2D eigenvalue weighted by Gasteiger charge is 2.08. The molecule has 0 atom stereocenters. The van der Waals surface area contributed by atoms with Crippen molar-refractivity contribution in [3.8, 4) is 22.6 Å². The van der Waals surface area contributed by atoms with E-state index in [2.05, 4.69) is 9.97 Å². The van der Waals surface area contributed by atoms with Gasteiger partial charge in [0.05, 0.1) is 5.69 Å². The second-order valence-electron chi connectivity index (χ2n) is 4.37. The molecule has 1 heterocycles. The summed E-state index contributed by atoms with van der Waals surface area (Å²) in [5.74, 6) is 0.225. The van der Waals surface area contributed by atoms with Gasteiger partial charge < -0.3 is 5.73 Å². The Bertz CT molecular complexity index is 756. The predicted molar refractivity (Wildman–Crippen MR) is 77.3 cm³/mol. The van der Waals surface area contributed by atoms with Crippen molar-refractivity contribution in [1.29, 1.82) is 0 Å². The van der Waals surface area contributed by atoms with Crippen LogP contribution >= 0.6 is 0 Å². The molecule has 0 radical (unpaired) electrons. The monoisotopic (exact) mass is 265 g/mol. The molecule has 1 aromatic heterocycles. The molecule has 0 aliphatic heterocycles. The Hall–Kier alpha value is -2.75. The van der Waals surface area contributed by atoms with Gasteiger partial charge in [0.2, 0.25) is 0 Å². The van der Waals surface area contributed by atoms with Crippen LogP contribution in [0.3, 0.4) is 0 Å². The summed E-state index contributed by atoms with van der Waals surface area (Å²) in [5.41, 5.74) is 8.21. The van der Waals surface area contributed by atoms with E-state index in [0.29, 0.717) is 22.8 Å². The lowest BCUT2D eigenvalue weighted by atomic mass is 10.1. The molecule has 3 aromatic rings. The number of hydrogen-bond acceptors (Lipinski definition) is 3. The number of halogens is 1. The van der Waals surface area contributed by atoms with E-state index in [0.717, 1.165) is 5.56 Å². The molecule has 2 N–H and O–H groups in total. The molecule has 0 saturated carbocycles. The second kappa shape index (κ2) is 5.09. The molecule has 20 heavy (non-hydrogen) atoms. The Labute approximate surface area is 115 Å². The van der Waals surface area contributed by atoms with Crippen molar-refractivity contribution in [1.82, 2.24) is 9.97 Å². The molecule has 98 valence electrons. The van der Waals surface area contributed by atoms with Crippen LogP contribution < -0.4 is 5.73 Å². The molecule has 4 heteroatoms. The normalized spacial score (nSPS) is 10.4. The van der Waals surface area contributed by atoms with Gasteiger partial charge in [-0.25, -0.2) is 14.4 Å². The maximum Gasteiger partial charge on any atom is 0.159 e. The van der Waals surface area contributed by atoms with E-state index in [4.69, 9.17) is 5.73 Å². The molecular formula is C16H12FN3. The summed E-state index contributed by atoms with van der Waals surface area (Å²) in [4.78, 5) is 8.63.